The second-order valence-electron chi connectivity index (χ2n) is 7.24. The highest BCUT2D eigenvalue weighted by molar-refractivity contribution is 7.99. The minimum absolute atomic E-state index is 0.461. The van der Waals surface area contributed by atoms with Crippen LogP contribution in [0, 0.1) is 11.6 Å². The average Bonchev–Trinajstić information content (AvgIpc) is 3.21. The van der Waals surface area contributed by atoms with E-state index in [1.807, 2.05) is 30.5 Å². The Balaban J connectivity index is 1.24. The van der Waals surface area contributed by atoms with Crippen molar-refractivity contribution in [2.45, 2.75) is 35.1 Å². The first-order chi connectivity index (χ1) is 15.6. The number of hydrogen-bond acceptors (Lipinski definition) is 5. The zero-order chi connectivity index (χ0) is 22.3. The van der Waals surface area contributed by atoms with E-state index in [0.29, 0.717) is 12.0 Å². The van der Waals surface area contributed by atoms with Crippen molar-refractivity contribution in [2.75, 3.05) is 12.9 Å². The molecule has 0 saturated carbocycles. The zero-order valence-electron chi connectivity index (χ0n) is 17.6. The molecule has 2 heterocycles. The summed E-state index contributed by atoms with van der Waals surface area (Å²) >= 11 is 3.38. The summed E-state index contributed by atoms with van der Waals surface area (Å²) in [6.45, 7) is 0. The van der Waals surface area contributed by atoms with Crippen molar-refractivity contribution in [3.05, 3.63) is 77.6 Å². The maximum atomic E-state index is 13.7. The number of aromatic amines is 1. The summed E-state index contributed by atoms with van der Waals surface area (Å²) in [5, 5.41) is 0.848. The summed E-state index contributed by atoms with van der Waals surface area (Å²) in [6, 6.07) is 13.7. The lowest BCUT2D eigenvalue weighted by Crippen LogP contribution is -1.93. The van der Waals surface area contributed by atoms with Crippen LogP contribution in [0.1, 0.15) is 24.1 Å². The fourth-order valence-corrected chi connectivity index (χ4v) is 5.00. The van der Waals surface area contributed by atoms with Crippen molar-refractivity contribution < 1.29 is 13.5 Å². The maximum Gasteiger partial charge on any atom is 0.166 e. The number of H-pyrrole nitrogens is 1. The highest BCUT2D eigenvalue weighted by Crippen LogP contribution is 2.27. The third kappa shape index (κ3) is 6.01. The highest BCUT2D eigenvalue weighted by atomic mass is 32.2. The number of pyridine rings is 1. The van der Waals surface area contributed by atoms with Gasteiger partial charge in [-0.3, -0.25) is 4.98 Å². The van der Waals surface area contributed by atoms with Crippen LogP contribution in [-0.4, -0.2) is 27.8 Å². The summed E-state index contributed by atoms with van der Waals surface area (Å²) in [4.78, 5) is 13.6. The number of thioether (sulfide) groups is 2. The number of ether oxygens (including phenoxy) is 1. The molecule has 0 bridgehead atoms. The molecule has 4 rings (SSSR count). The molecule has 32 heavy (non-hydrogen) atoms. The molecular weight excluding hydrogens is 448 g/mol. The molecule has 0 spiro atoms. The number of rotatable bonds is 10. The monoisotopic (exact) mass is 471 g/mol. The first-order valence-corrected chi connectivity index (χ1v) is 12.3. The lowest BCUT2D eigenvalue weighted by Gasteiger charge is -2.05. The Morgan fingerprint density at radius 2 is 1.91 bits per heavy atom. The number of nitrogens with one attached hydrogen (secondary N) is 1. The molecule has 0 fully saturated rings. The van der Waals surface area contributed by atoms with Crippen molar-refractivity contribution in [2.24, 2.45) is 0 Å². The number of imidazole rings is 1. The summed E-state index contributed by atoms with van der Waals surface area (Å²) in [6.07, 6.45) is 4.26. The van der Waals surface area contributed by atoms with Gasteiger partial charge in [-0.25, -0.2) is 13.8 Å². The van der Waals surface area contributed by atoms with Crippen LogP contribution in [0.2, 0.25) is 0 Å². The predicted octanol–water partition coefficient (Wildman–Crippen LogP) is 6.65. The lowest BCUT2D eigenvalue weighted by atomic mass is 10.1. The van der Waals surface area contributed by atoms with Gasteiger partial charge in [0.2, 0.25) is 0 Å². The number of aromatic nitrogens is 3. The average molecular weight is 472 g/mol. The molecule has 0 amide bonds. The van der Waals surface area contributed by atoms with Crippen molar-refractivity contribution in [1.82, 2.24) is 15.0 Å². The molecule has 0 saturated heterocycles. The van der Waals surface area contributed by atoms with Gasteiger partial charge in [0.05, 0.1) is 23.8 Å². The van der Waals surface area contributed by atoms with Gasteiger partial charge in [0.1, 0.15) is 17.4 Å². The Bertz CT molecular complexity index is 1200. The molecule has 0 unspecified atom stereocenters. The minimum Gasteiger partial charge on any atom is -0.497 e. The summed E-state index contributed by atoms with van der Waals surface area (Å²) < 4.78 is 31.9. The largest absolute Gasteiger partial charge is 0.497 e. The molecular formula is C24H23F2N3OS2. The zero-order valence-corrected chi connectivity index (χ0v) is 19.2. The standard InChI is InChI=1S/C24H23F2N3OS2/c1-30-19-7-8-22-23(14-19)29-24(28-22)32-15-18-13-20(9-10-27-18)31-11-3-2-4-16-5-6-17(25)12-21(16)26/h5-10,12-14H,2-4,11,15H2,1H3,(H,28,29). The van der Waals surface area contributed by atoms with Crippen LogP contribution in [0.5, 0.6) is 5.75 Å². The van der Waals surface area contributed by atoms with Crippen LogP contribution in [0.3, 0.4) is 0 Å². The van der Waals surface area contributed by atoms with Gasteiger partial charge in [0.25, 0.3) is 0 Å². The molecule has 0 aliphatic carbocycles. The highest BCUT2D eigenvalue weighted by Gasteiger charge is 2.07. The van der Waals surface area contributed by atoms with Gasteiger partial charge in [-0.05, 0) is 60.9 Å². The van der Waals surface area contributed by atoms with Crippen LogP contribution in [0.25, 0.3) is 11.0 Å². The van der Waals surface area contributed by atoms with E-state index in [2.05, 4.69) is 21.0 Å². The van der Waals surface area contributed by atoms with E-state index in [4.69, 9.17) is 4.74 Å². The van der Waals surface area contributed by atoms with Gasteiger partial charge < -0.3 is 9.72 Å². The van der Waals surface area contributed by atoms with Crippen molar-refractivity contribution in [3.8, 4) is 5.75 Å². The number of halogens is 2. The number of nitrogens with zero attached hydrogens (tertiary/aromatic N) is 2. The van der Waals surface area contributed by atoms with Gasteiger partial charge in [0.15, 0.2) is 5.16 Å². The van der Waals surface area contributed by atoms with Crippen molar-refractivity contribution in [1.29, 1.82) is 0 Å². The van der Waals surface area contributed by atoms with Gasteiger partial charge in [-0.1, -0.05) is 17.8 Å². The van der Waals surface area contributed by atoms with E-state index in [0.717, 1.165) is 62.9 Å². The topological polar surface area (TPSA) is 50.8 Å². The van der Waals surface area contributed by atoms with Gasteiger partial charge in [-0.15, -0.1) is 11.8 Å². The molecule has 0 atom stereocenters. The van der Waals surface area contributed by atoms with Crippen molar-refractivity contribution in [3.63, 3.8) is 0 Å². The van der Waals surface area contributed by atoms with Crippen LogP contribution in [0.4, 0.5) is 8.78 Å². The molecule has 4 nitrogen and oxygen atoms in total. The number of hydrogen-bond donors (Lipinski definition) is 1. The Labute approximate surface area is 194 Å². The number of unbranched alkanes of at least 4 members (excludes halogenated alkanes) is 1. The third-order valence-corrected chi connectivity index (χ3v) is 6.92. The molecule has 166 valence electrons. The second kappa shape index (κ2) is 10.8. The molecule has 2 aromatic carbocycles. The Morgan fingerprint density at radius 1 is 1.00 bits per heavy atom. The number of aryl methyl sites for hydroxylation is 1. The molecule has 0 aliphatic heterocycles. The Hall–Kier alpha value is -2.58. The van der Waals surface area contributed by atoms with E-state index >= 15 is 0 Å². The van der Waals surface area contributed by atoms with Gasteiger partial charge >= 0.3 is 0 Å². The summed E-state index contributed by atoms with van der Waals surface area (Å²) in [5.74, 6) is 1.45. The van der Waals surface area contributed by atoms with Crippen LogP contribution in [-0.2, 0) is 12.2 Å². The minimum atomic E-state index is -0.533. The normalized spacial score (nSPS) is 11.2. The van der Waals surface area contributed by atoms with Crippen LogP contribution < -0.4 is 4.74 Å². The SMILES string of the molecule is COc1ccc2[nH]c(SCc3cc(SCCCCc4ccc(F)cc4F)ccn3)nc2c1. The predicted molar refractivity (Wildman–Crippen MR) is 126 cm³/mol. The van der Waals surface area contributed by atoms with E-state index in [1.165, 1.54) is 12.1 Å². The fraction of sp³-hybridized carbons (Fsp3) is 0.250. The Kier molecular flexibility index (Phi) is 7.65. The molecule has 8 heteroatoms. The molecule has 0 aliphatic rings. The quantitative estimate of drug-likeness (QED) is 0.207. The second-order valence-corrected chi connectivity index (χ2v) is 9.37. The maximum absolute atomic E-state index is 13.7. The smallest absolute Gasteiger partial charge is 0.166 e. The first-order valence-electron chi connectivity index (χ1n) is 10.3. The van der Waals surface area contributed by atoms with E-state index in [1.54, 1.807) is 30.6 Å². The third-order valence-electron chi connectivity index (χ3n) is 4.94. The van der Waals surface area contributed by atoms with Crippen LogP contribution >= 0.6 is 23.5 Å². The molecule has 4 aromatic rings. The van der Waals surface area contributed by atoms with Crippen LogP contribution in [0.15, 0.2) is 64.8 Å². The van der Waals surface area contributed by atoms with E-state index in [9.17, 15) is 8.78 Å². The molecule has 0 radical (unpaired) electrons. The van der Waals surface area contributed by atoms with Crippen molar-refractivity contribution >= 4 is 34.6 Å². The first kappa shape index (κ1) is 22.6. The van der Waals surface area contributed by atoms with E-state index < -0.39 is 11.6 Å². The summed E-state index contributed by atoms with van der Waals surface area (Å²) in [7, 11) is 1.64. The summed E-state index contributed by atoms with van der Waals surface area (Å²) in [5.41, 5.74) is 3.42. The molecule has 2 aromatic heterocycles. The Morgan fingerprint density at radius 3 is 2.75 bits per heavy atom. The lowest BCUT2D eigenvalue weighted by molar-refractivity contribution is 0.415. The molecule has 1 N–H and O–H groups in total. The number of benzene rings is 2. The van der Waals surface area contributed by atoms with Gasteiger partial charge in [-0.2, -0.15) is 0 Å². The fourth-order valence-electron chi connectivity index (χ4n) is 3.26. The number of methoxy groups -OCH3 is 1. The van der Waals surface area contributed by atoms with E-state index in [-0.39, 0.29) is 0 Å². The number of fused-ring (bicyclic) bond motifs is 1. The van der Waals surface area contributed by atoms with Gasteiger partial charge in [0, 0.05) is 29.0 Å².